The van der Waals surface area contributed by atoms with Crippen LogP contribution in [0.2, 0.25) is 0 Å². The fourth-order valence-corrected chi connectivity index (χ4v) is 4.66. The summed E-state index contributed by atoms with van der Waals surface area (Å²) in [6, 6.07) is 6.32. The van der Waals surface area contributed by atoms with E-state index in [2.05, 4.69) is 11.9 Å². The van der Waals surface area contributed by atoms with Crippen molar-refractivity contribution in [3.8, 4) is 0 Å². The molecule has 3 atom stereocenters. The monoisotopic (exact) mass is 342 g/mol. The molecule has 2 aliphatic rings. The standard InChI is InChI=1S/C20H26N2O3/c1-14-8-10-25-19(14)20(23)22-11-15-5-3-7-18(17(15)13-22)21(2)12-16-6-4-9-24-16/h4,6,8-10,15,17-18H,3,5,7,11-13H2,1-2H3/t15-,17+,18+/m0/s1. The Balaban J connectivity index is 1.46. The van der Waals surface area contributed by atoms with Gasteiger partial charge in [0.15, 0.2) is 5.76 Å². The molecule has 0 N–H and O–H groups in total. The van der Waals surface area contributed by atoms with Gasteiger partial charge >= 0.3 is 0 Å². The van der Waals surface area contributed by atoms with E-state index in [1.54, 1.807) is 12.5 Å². The number of rotatable bonds is 4. The Morgan fingerprint density at radius 3 is 2.84 bits per heavy atom. The average Bonchev–Trinajstić information content (AvgIpc) is 3.33. The fraction of sp³-hybridized carbons (Fsp3) is 0.550. The molecule has 25 heavy (non-hydrogen) atoms. The summed E-state index contributed by atoms with van der Waals surface area (Å²) in [6.07, 6.45) is 6.98. The first-order chi connectivity index (χ1) is 12.1. The summed E-state index contributed by atoms with van der Waals surface area (Å²) >= 11 is 0. The van der Waals surface area contributed by atoms with Crippen LogP contribution in [-0.4, -0.2) is 41.9 Å². The molecule has 2 aromatic rings. The molecule has 4 rings (SSSR count). The third kappa shape index (κ3) is 3.13. The fourth-order valence-electron chi connectivity index (χ4n) is 4.66. The Morgan fingerprint density at radius 1 is 1.24 bits per heavy atom. The number of aryl methyl sites for hydroxylation is 1. The van der Waals surface area contributed by atoms with E-state index in [-0.39, 0.29) is 5.91 Å². The van der Waals surface area contributed by atoms with Crippen LogP contribution < -0.4 is 0 Å². The van der Waals surface area contributed by atoms with Gasteiger partial charge < -0.3 is 13.7 Å². The van der Waals surface area contributed by atoms with Gasteiger partial charge in [-0.1, -0.05) is 6.42 Å². The van der Waals surface area contributed by atoms with Crippen LogP contribution >= 0.6 is 0 Å². The lowest BCUT2D eigenvalue weighted by molar-refractivity contribution is 0.0736. The number of hydrogen-bond donors (Lipinski definition) is 0. The molecule has 0 unspecified atom stereocenters. The highest BCUT2D eigenvalue weighted by Gasteiger charge is 2.43. The Morgan fingerprint density at radius 2 is 2.12 bits per heavy atom. The zero-order chi connectivity index (χ0) is 17.4. The van der Waals surface area contributed by atoms with Gasteiger partial charge in [0.05, 0.1) is 19.1 Å². The maximum absolute atomic E-state index is 12.8. The minimum atomic E-state index is 0.0457. The quantitative estimate of drug-likeness (QED) is 0.852. The highest BCUT2D eigenvalue weighted by atomic mass is 16.3. The van der Waals surface area contributed by atoms with Gasteiger partial charge in [0.2, 0.25) is 0 Å². The second kappa shape index (κ2) is 6.71. The highest BCUT2D eigenvalue weighted by molar-refractivity contribution is 5.93. The summed E-state index contributed by atoms with van der Waals surface area (Å²) in [5.74, 6) is 2.68. The van der Waals surface area contributed by atoms with Gasteiger partial charge in [-0.05, 0) is 56.8 Å². The molecule has 1 amide bonds. The Kier molecular flexibility index (Phi) is 4.42. The first-order valence-electron chi connectivity index (χ1n) is 9.19. The number of fused-ring (bicyclic) bond motifs is 1. The summed E-state index contributed by atoms with van der Waals surface area (Å²) in [5, 5.41) is 0. The van der Waals surface area contributed by atoms with E-state index in [0.29, 0.717) is 23.6 Å². The van der Waals surface area contributed by atoms with E-state index >= 15 is 0 Å². The van der Waals surface area contributed by atoms with Crippen LogP contribution in [0, 0.1) is 18.8 Å². The lowest BCUT2D eigenvalue weighted by Gasteiger charge is -2.38. The Labute approximate surface area is 148 Å². The maximum Gasteiger partial charge on any atom is 0.289 e. The molecule has 5 heteroatoms. The van der Waals surface area contributed by atoms with Gasteiger partial charge in [-0.25, -0.2) is 0 Å². The van der Waals surface area contributed by atoms with E-state index in [1.807, 2.05) is 30.0 Å². The smallest absolute Gasteiger partial charge is 0.289 e. The van der Waals surface area contributed by atoms with Gasteiger partial charge in [0, 0.05) is 24.7 Å². The topological polar surface area (TPSA) is 49.8 Å². The summed E-state index contributed by atoms with van der Waals surface area (Å²) in [5.41, 5.74) is 0.923. The number of hydrogen-bond acceptors (Lipinski definition) is 4. The SMILES string of the molecule is Cc1ccoc1C(=O)N1C[C@@H]2CCC[C@@H](N(C)Cc3ccco3)[C@@H]2C1. The van der Waals surface area contributed by atoms with E-state index in [4.69, 9.17) is 8.83 Å². The van der Waals surface area contributed by atoms with Gasteiger partial charge in [-0.3, -0.25) is 9.69 Å². The zero-order valence-corrected chi connectivity index (χ0v) is 15.0. The van der Waals surface area contributed by atoms with Crippen molar-refractivity contribution in [1.82, 2.24) is 9.80 Å². The van der Waals surface area contributed by atoms with Crippen molar-refractivity contribution in [2.24, 2.45) is 11.8 Å². The van der Waals surface area contributed by atoms with Crippen molar-refractivity contribution in [2.45, 2.75) is 38.8 Å². The van der Waals surface area contributed by atoms with Crippen LogP contribution in [0.25, 0.3) is 0 Å². The minimum Gasteiger partial charge on any atom is -0.468 e. The van der Waals surface area contributed by atoms with Gasteiger partial charge in [0.1, 0.15) is 5.76 Å². The lowest BCUT2D eigenvalue weighted by Crippen LogP contribution is -2.43. The van der Waals surface area contributed by atoms with Gasteiger partial charge in [0.25, 0.3) is 5.91 Å². The second-order valence-electron chi connectivity index (χ2n) is 7.56. The predicted octanol–water partition coefficient (Wildman–Crippen LogP) is 3.55. The van der Waals surface area contributed by atoms with Crippen molar-refractivity contribution in [3.05, 3.63) is 47.8 Å². The normalized spacial score (nSPS) is 26.2. The van der Waals surface area contributed by atoms with Crippen molar-refractivity contribution in [1.29, 1.82) is 0 Å². The number of carbonyl (C=O) groups excluding carboxylic acids is 1. The Hall–Kier alpha value is -2.01. The molecule has 1 saturated heterocycles. The van der Waals surface area contributed by atoms with E-state index in [0.717, 1.165) is 31.0 Å². The van der Waals surface area contributed by atoms with Crippen molar-refractivity contribution >= 4 is 5.91 Å². The molecule has 3 heterocycles. The van der Waals surface area contributed by atoms with Crippen LogP contribution in [0.1, 0.15) is 41.1 Å². The molecule has 0 bridgehead atoms. The molecule has 0 radical (unpaired) electrons. The lowest BCUT2D eigenvalue weighted by atomic mass is 9.77. The molecule has 0 spiro atoms. The zero-order valence-electron chi connectivity index (χ0n) is 15.0. The van der Waals surface area contributed by atoms with Crippen LogP contribution in [0.15, 0.2) is 39.6 Å². The Bertz CT molecular complexity index is 721. The predicted molar refractivity (Wildman–Crippen MR) is 94.1 cm³/mol. The summed E-state index contributed by atoms with van der Waals surface area (Å²) in [7, 11) is 2.18. The van der Waals surface area contributed by atoms with Crippen molar-refractivity contribution in [3.63, 3.8) is 0 Å². The molecule has 2 fully saturated rings. The first kappa shape index (κ1) is 16.5. The van der Waals surface area contributed by atoms with Gasteiger partial charge in [-0.15, -0.1) is 0 Å². The first-order valence-corrected chi connectivity index (χ1v) is 9.19. The van der Waals surface area contributed by atoms with E-state index < -0.39 is 0 Å². The molecular weight excluding hydrogens is 316 g/mol. The van der Waals surface area contributed by atoms with E-state index in [9.17, 15) is 4.79 Å². The molecular formula is C20H26N2O3. The van der Waals surface area contributed by atoms with E-state index in [1.165, 1.54) is 19.3 Å². The van der Waals surface area contributed by atoms with Crippen LogP contribution in [0.5, 0.6) is 0 Å². The van der Waals surface area contributed by atoms with Crippen LogP contribution in [0.4, 0.5) is 0 Å². The molecule has 2 aromatic heterocycles. The number of furan rings is 2. The number of likely N-dealkylation sites (tertiary alicyclic amines) is 1. The van der Waals surface area contributed by atoms with Gasteiger partial charge in [-0.2, -0.15) is 0 Å². The molecule has 1 aliphatic heterocycles. The third-order valence-electron chi connectivity index (χ3n) is 5.96. The van der Waals surface area contributed by atoms with Crippen LogP contribution in [-0.2, 0) is 6.54 Å². The molecule has 1 saturated carbocycles. The number of nitrogens with zero attached hydrogens (tertiary/aromatic N) is 2. The maximum atomic E-state index is 12.8. The summed E-state index contributed by atoms with van der Waals surface area (Å²) < 4.78 is 10.9. The number of carbonyl (C=O) groups is 1. The van der Waals surface area contributed by atoms with Crippen molar-refractivity contribution < 1.29 is 13.6 Å². The second-order valence-corrected chi connectivity index (χ2v) is 7.56. The van der Waals surface area contributed by atoms with Crippen molar-refractivity contribution in [2.75, 3.05) is 20.1 Å². The average molecular weight is 342 g/mol. The molecule has 1 aliphatic carbocycles. The highest BCUT2D eigenvalue weighted by Crippen LogP contribution is 2.39. The number of amides is 1. The van der Waals surface area contributed by atoms with Crippen LogP contribution in [0.3, 0.4) is 0 Å². The third-order valence-corrected chi connectivity index (χ3v) is 5.96. The molecule has 5 nitrogen and oxygen atoms in total. The molecule has 134 valence electrons. The largest absolute Gasteiger partial charge is 0.468 e. The molecule has 0 aromatic carbocycles. The summed E-state index contributed by atoms with van der Waals surface area (Å²) in [6.45, 7) is 4.44. The minimum absolute atomic E-state index is 0.0457. The summed E-state index contributed by atoms with van der Waals surface area (Å²) in [4.78, 5) is 17.2.